The highest BCUT2D eigenvalue weighted by atomic mass is 24.3. The van der Waals surface area contributed by atoms with E-state index < -0.39 is 18.4 Å². The lowest BCUT2D eigenvalue weighted by Crippen LogP contribution is -2.03. The van der Waals surface area contributed by atoms with Crippen LogP contribution in [0.5, 0.6) is 0 Å². The van der Waals surface area contributed by atoms with Gasteiger partial charge < -0.3 is 10.2 Å². The molecule has 8 heavy (non-hydrogen) atoms. The second-order valence-corrected chi connectivity index (χ2v) is 0.964. The van der Waals surface area contributed by atoms with Gasteiger partial charge >= 0.3 is 11.9 Å². The summed E-state index contributed by atoms with van der Waals surface area (Å²) in [6, 6.07) is 0. The van der Waals surface area contributed by atoms with Crippen molar-refractivity contribution in [2.45, 2.75) is 6.42 Å². The Morgan fingerprint density at radius 3 is 1.38 bits per heavy atom. The lowest BCUT2D eigenvalue weighted by atomic mass is 10.5. The van der Waals surface area contributed by atoms with Gasteiger partial charge in [-0.15, -0.1) is 0 Å². The Morgan fingerprint density at radius 2 is 1.38 bits per heavy atom. The molecule has 0 saturated carbocycles. The summed E-state index contributed by atoms with van der Waals surface area (Å²) in [6.45, 7) is 0. The number of aliphatic carboxylic acids is 2. The zero-order chi connectivity index (χ0) is 5.86. The highest BCUT2D eigenvalue weighted by Crippen LogP contribution is 1.74. The van der Waals surface area contributed by atoms with E-state index in [1.807, 2.05) is 0 Å². The van der Waals surface area contributed by atoms with Crippen molar-refractivity contribution in [3.8, 4) is 0 Å². The fourth-order valence-electron chi connectivity index (χ4n) is 0.129. The van der Waals surface area contributed by atoms with E-state index >= 15 is 0 Å². The van der Waals surface area contributed by atoms with E-state index in [2.05, 4.69) is 0 Å². The van der Waals surface area contributed by atoms with Gasteiger partial charge in [-0.2, -0.15) is 0 Å². The molecular formula is C3H4MgO4. The van der Waals surface area contributed by atoms with E-state index in [4.69, 9.17) is 10.2 Å². The van der Waals surface area contributed by atoms with Gasteiger partial charge in [-0.05, 0) is 0 Å². The Hall–Kier alpha value is -0.294. The molecule has 4 nitrogen and oxygen atoms in total. The predicted molar refractivity (Wildman–Crippen MR) is 25.6 cm³/mol. The highest BCUT2D eigenvalue weighted by molar-refractivity contribution is 5.88. The van der Waals surface area contributed by atoms with Crippen LogP contribution in [-0.4, -0.2) is 45.2 Å². The molecule has 0 aliphatic rings. The summed E-state index contributed by atoms with van der Waals surface area (Å²) in [5.41, 5.74) is 0. The number of carbonyl (C=O) groups is 2. The van der Waals surface area contributed by atoms with Crippen molar-refractivity contribution in [1.29, 1.82) is 0 Å². The Morgan fingerprint density at radius 1 is 1.12 bits per heavy atom. The highest BCUT2D eigenvalue weighted by Gasteiger charge is 2.01. The van der Waals surface area contributed by atoms with E-state index in [1.165, 1.54) is 0 Å². The molecule has 0 rings (SSSR count). The summed E-state index contributed by atoms with van der Waals surface area (Å²) in [4.78, 5) is 18.9. The maximum atomic E-state index is 9.43. The SMILES string of the molecule is O=C(O)CC(=O)O.[Mg]. The minimum Gasteiger partial charge on any atom is -0.481 e. The molecule has 2 radical (unpaired) electrons. The van der Waals surface area contributed by atoms with Crippen LogP contribution in [0.2, 0.25) is 0 Å². The molecule has 0 bridgehead atoms. The van der Waals surface area contributed by atoms with Gasteiger partial charge in [-0.1, -0.05) is 0 Å². The first-order chi connectivity index (χ1) is 3.13. The minimum absolute atomic E-state index is 0. The first kappa shape index (κ1) is 10.6. The second-order valence-electron chi connectivity index (χ2n) is 0.964. The van der Waals surface area contributed by atoms with E-state index in [0.717, 1.165) is 0 Å². The van der Waals surface area contributed by atoms with E-state index in [1.54, 1.807) is 0 Å². The first-order valence-corrected chi connectivity index (χ1v) is 1.56. The number of carboxylic acid groups (broad SMARTS) is 2. The number of hydrogen-bond acceptors (Lipinski definition) is 2. The van der Waals surface area contributed by atoms with Gasteiger partial charge in [0.15, 0.2) is 0 Å². The molecule has 2 N–H and O–H groups in total. The molecular weight excluding hydrogens is 124 g/mol. The van der Waals surface area contributed by atoms with Crippen LogP contribution in [-0.2, 0) is 9.59 Å². The molecule has 0 fully saturated rings. The Balaban J connectivity index is 0. The van der Waals surface area contributed by atoms with Crippen LogP contribution in [0.3, 0.4) is 0 Å². The van der Waals surface area contributed by atoms with E-state index in [9.17, 15) is 9.59 Å². The van der Waals surface area contributed by atoms with Gasteiger partial charge in [0.2, 0.25) is 0 Å². The summed E-state index contributed by atoms with van der Waals surface area (Å²) in [6.07, 6.45) is -0.806. The maximum Gasteiger partial charge on any atom is 0.314 e. The summed E-state index contributed by atoms with van der Waals surface area (Å²) in [7, 11) is 0. The predicted octanol–water partition coefficient (Wildman–Crippen LogP) is -0.835. The van der Waals surface area contributed by atoms with Gasteiger partial charge in [0.25, 0.3) is 0 Å². The second kappa shape index (κ2) is 4.86. The quantitative estimate of drug-likeness (QED) is 0.376. The van der Waals surface area contributed by atoms with Gasteiger partial charge in [0, 0.05) is 23.1 Å². The molecule has 5 heteroatoms. The van der Waals surface area contributed by atoms with Crippen molar-refractivity contribution < 1.29 is 19.8 Å². The fourth-order valence-corrected chi connectivity index (χ4v) is 0.129. The molecule has 0 aliphatic carbocycles. The summed E-state index contributed by atoms with van der Waals surface area (Å²) in [5, 5.41) is 15.4. The normalized spacial score (nSPS) is 7.00. The van der Waals surface area contributed by atoms with Crippen molar-refractivity contribution in [2.24, 2.45) is 0 Å². The van der Waals surface area contributed by atoms with Crippen LogP contribution in [0.4, 0.5) is 0 Å². The Labute approximate surface area is 61.7 Å². The maximum absolute atomic E-state index is 9.43. The van der Waals surface area contributed by atoms with Crippen LogP contribution in [0.1, 0.15) is 6.42 Å². The number of hydrogen-bond donors (Lipinski definition) is 2. The Kier molecular flexibility index (Phi) is 6.46. The number of rotatable bonds is 2. The van der Waals surface area contributed by atoms with E-state index in [-0.39, 0.29) is 23.1 Å². The molecule has 0 saturated heterocycles. The van der Waals surface area contributed by atoms with Gasteiger partial charge in [-0.3, -0.25) is 9.59 Å². The van der Waals surface area contributed by atoms with Crippen molar-refractivity contribution >= 4 is 35.0 Å². The molecule has 0 aromatic heterocycles. The largest absolute Gasteiger partial charge is 0.481 e. The molecule has 0 spiro atoms. The van der Waals surface area contributed by atoms with Crippen LogP contribution in [0, 0.1) is 0 Å². The topological polar surface area (TPSA) is 74.6 Å². The first-order valence-electron chi connectivity index (χ1n) is 1.56. The monoisotopic (exact) mass is 128 g/mol. The lowest BCUT2D eigenvalue weighted by Gasteiger charge is -1.80. The summed E-state index contributed by atoms with van der Waals surface area (Å²) >= 11 is 0. The third-order valence-electron chi connectivity index (χ3n) is 0.302. The Bertz CT molecular complexity index is 87.5. The standard InChI is InChI=1S/C3H4O4.Mg/c4-2(5)1-3(6)7;/h1H2,(H,4,5)(H,6,7);. The molecule has 0 aromatic carbocycles. The molecule has 0 atom stereocenters. The van der Waals surface area contributed by atoms with Crippen LogP contribution < -0.4 is 0 Å². The molecule has 42 valence electrons. The fraction of sp³-hybridized carbons (Fsp3) is 0.333. The average Bonchev–Trinajstić information content (AvgIpc) is 1.27. The van der Waals surface area contributed by atoms with Crippen molar-refractivity contribution in [1.82, 2.24) is 0 Å². The van der Waals surface area contributed by atoms with E-state index in [0.29, 0.717) is 0 Å². The molecule has 0 amide bonds. The van der Waals surface area contributed by atoms with Crippen molar-refractivity contribution in [3.05, 3.63) is 0 Å². The number of carboxylic acids is 2. The van der Waals surface area contributed by atoms with Crippen molar-refractivity contribution in [2.75, 3.05) is 0 Å². The third kappa shape index (κ3) is 9.20. The minimum atomic E-state index is -1.31. The lowest BCUT2D eigenvalue weighted by molar-refractivity contribution is -0.147. The summed E-state index contributed by atoms with van der Waals surface area (Å²) < 4.78 is 0. The van der Waals surface area contributed by atoms with Gasteiger partial charge in [0.05, 0.1) is 0 Å². The van der Waals surface area contributed by atoms with Gasteiger partial charge in [-0.25, -0.2) is 0 Å². The zero-order valence-electron chi connectivity index (χ0n) is 4.13. The molecule has 0 unspecified atom stereocenters. The molecule has 0 aromatic rings. The molecule has 0 heterocycles. The van der Waals surface area contributed by atoms with Crippen LogP contribution >= 0.6 is 0 Å². The smallest absolute Gasteiger partial charge is 0.314 e. The van der Waals surface area contributed by atoms with Crippen molar-refractivity contribution in [3.63, 3.8) is 0 Å². The van der Waals surface area contributed by atoms with Gasteiger partial charge in [0.1, 0.15) is 6.42 Å². The average molecular weight is 128 g/mol. The zero-order valence-corrected chi connectivity index (χ0v) is 5.54. The molecule has 0 aliphatic heterocycles. The van der Waals surface area contributed by atoms with Crippen LogP contribution in [0.25, 0.3) is 0 Å². The summed E-state index contributed by atoms with van der Waals surface area (Å²) in [5.74, 6) is -2.62. The third-order valence-corrected chi connectivity index (χ3v) is 0.302. The van der Waals surface area contributed by atoms with Crippen LogP contribution in [0.15, 0.2) is 0 Å².